The van der Waals surface area contributed by atoms with Crippen LogP contribution in [0.2, 0.25) is 0 Å². The molecule has 6 aromatic carbocycles. The van der Waals surface area contributed by atoms with Gasteiger partial charge in [0.1, 0.15) is 0 Å². The van der Waals surface area contributed by atoms with E-state index in [4.69, 9.17) is 0 Å². The van der Waals surface area contributed by atoms with E-state index in [1.165, 1.54) is 0 Å². The monoisotopic (exact) mass is 519 g/mol. The first-order valence-corrected chi connectivity index (χ1v) is 14.8. The Morgan fingerprint density at radius 1 is 0.487 bits per heavy atom. The predicted octanol–water partition coefficient (Wildman–Crippen LogP) is 9.14. The molecule has 0 fully saturated rings. The standard InChI is InChI=1S/C36H26NOP/c38-39(33-17-8-3-9-18-33)35(26-29-21-20-27-12-10-11-19-34(27)36(29)39)28-22-24-32(25-23-28)37(30-13-4-1-5-14-30)31-15-6-2-7-16-31/h1-26H. The second-order valence-electron chi connectivity index (χ2n) is 9.75. The van der Waals surface area contributed by atoms with E-state index in [-0.39, 0.29) is 0 Å². The Labute approximate surface area is 228 Å². The van der Waals surface area contributed by atoms with Gasteiger partial charge in [0.05, 0.1) is 0 Å². The second kappa shape index (κ2) is 9.58. The quantitative estimate of drug-likeness (QED) is 0.212. The predicted molar refractivity (Wildman–Crippen MR) is 166 cm³/mol. The number of hydrogen-bond donors (Lipinski definition) is 0. The van der Waals surface area contributed by atoms with Crippen molar-refractivity contribution in [1.82, 2.24) is 0 Å². The number of anilines is 3. The van der Waals surface area contributed by atoms with Crippen molar-refractivity contribution in [3.63, 3.8) is 0 Å². The SMILES string of the molecule is O=P1(c2ccccc2)C(c2ccc(N(c3ccccc3)c3ccccc3)cc2)=Cc2ccc3ccccc3c21. The van der Waals surface area contributed by atoms with Crippen LogP contribution in [0, 0.1) is 0 Å². The first kappa shape index (κ1) is 23.5. The first-order valence-electron chi connectivity index (χ1n) is 13.1. The number of rotatable bonds is 5. The summed E-state index contributed by atoms with van der Waals surface area (Å²) in [6.07, 6.45) is 2.14. The topological polar surface area (TPSA) is 20.3 Å². The van der Waals surface area contributed by atoms with Gasteiger partial charge in [-0.3, -0.25) is 0 Å². The Bertz CT molecular complexity index is 1820. The van der Waals surface area contributed by atoms with Crippen LogP contribution in [-0.2, 0) is 4.57 Å². The zero-order chi connectivity index (χ0) is 26.2. The zero-order valence-corrected chi connectivity index (χ0v) is 22.2. The Morgan fingerprint density at radius 3 is 1.67 bits per heavy atom. The number of nitrogens with zero attached hydrogens (tertiary/aromatic N) is 1. The molecule has 1 atom stereocenters. The van der Waals surface area contributed by atoms with E-state index < -0.39 is 7.14 Å². The molecule has 6 aromatic rings. The Kier molecular flexibility index (Phi) is 5.77. The number of benzene rings is 6. The maximum Gasteiger partial charge on any atom is 0.172 e. The summed E-state index contributed by atoms with van der Waals surface area (Å²) >= 11 is 0. The van der Waals surface area contributed by atoms with Gasteiger partial charge >= 0.3 is 0 Å². The summed E-state index contributed by atoms with van der Waals surface area (Å²) in [4.78, 5) is 2.24. The van der Waals surface area contributed by atoms with Gasteiger partial charge in [0.25, 0.3) is 0 Å². The van der Waals surface area contributed by atoms with Crippen molar-refractivity contribution in [3.05, 3.63) is 163 Å². The molecule has 0 radical (unpaired) electrons. The largest absolute Gasteiger partial charge is 0.311 e. The summed E-state index contributed by atoms with van der Waals surface area (Å²) in [7, 11) is -3.10. The van der Waals surface area contributed by atoms with Gasteiger partial charge in [-0.2, -0.15) is 0 Å². The zero-order valence-electron chi connectivity index (χ0n) is 21.3. The molecule has 0 amide bonds. The fraction of sp³-hybridized carbons (Fsp3) is 0. The van der Waals surface area contributed by atoms with Crippen LogP contribution in [0.1, 0.15) is 11.1 Å². The van der Waals surface area contributed by atoms with E-state index in [1.807, 2.05) is 54.6 Å². The molecule has 0 N–H and O–H groups in total. The third kappa shape index (κ3) is 3.93. The van der Waals surface area contributed by atoms with Crippen molar-refractivity contribution in [2.75, 3.05) is 4.90 Å². The molecule has 0 bridgehead atoms. The van der Waals surface area contributed by atoms with Crippen molar-refractivity contribution in [1.29, 1.82) is 0 Å². The average molecular weight is 520 g/mol. The van der Waals surface area contributed by atoms with Crippen LogP contribution in [-0.4, -0.2) is 0 Å². The van der Waals surface area contributed by atoms with E-state index in [9.17, 15) is 0 Å². The molecule has 0 saturated carbocycles. The Hall–Kier alpha value is -4.65. The van der Waals surface area contributed by atoms with Crippen molar-refractivity contribution >= 4 is 57.0 Å². The normalized spacial score (nSPS) is 16.1. The number of fused-ring (bicyclic) bond motifs is 3. The molecule has 7 rings (SSSR count). The summed E-state index contributed by atoms with van der Waals surface area (Å²) in [5.41, 5.74) is 5.24. The molecule has 1 aliphatic rings. The van der Waals surface area contributed by atoms with Gasteiger partial charge in [-0.1, -0.05) is 115 Å². The van der Waals surface area contributed by atoms with E-state index in [1.54, 1.807) is 0 Å². The maximum atomic E-state index is 15.4. The fourth-order valence-corrected chi connectivity index (χ4v) is 8.90. The molecule has 39 heavy (non-hydrogen) atoms. The van der Waals surface area contributed by atoms with Gasteiger partial charge in [-0.25, -0.2) is 0 Å². The molecule has 2 nitrogen and oxygen atoms in total. The molecule has 1 aliphatic heterocycles. The molecular weight excluding hydrogens is 493 g/mol. The molecule has 3 heteroatoms. The molecule has 0 aromatic heterocycles. The molecule has 0 spiro atoms. The van der Waals surface area contributed by atoms with Gasteiger partial charge in [0.15, 0.2) is 7.14 Å². The molecule has 1 heterocycles. The highest BCUT2D eigenvalue weighted by molar-refractivity contribution is 7.89. The van der Waals surface area contributed by atoms with Crippen LogP contribution in [0.5, 0.6) is 0 Å². The van der Waals surface area contributed by atoms with Gasteiger partial charge in [-0.15, -0.1) is 0 Å². The number of hydrogen-bond acceptors (Lipinski definition) is 2. The van der Waals surface area contributed by atoms with Crippen LogP contribution in [0.25, 0.3) is 22.2 Å². The lowest BCUT2D eigenvalue weighted by atomic mass is 10.1. The summed E-state index contributed by atoms with van der Waals surface area (Å²) < 4.78 is 15.4. The Morgan fingerprint density at radius 2 is 1.03 bits per heavy atom. The minimum Gasteiger partial charge on any atom is -0.311 e. The molecule has 186 valence electrons. The average Bonchev–Trinajstić information content (AvgIpc) is 3.33. The van der Waals surface area contributed by atoms with Crippen LogP contribution in [0.15, 0.2) is 152 Å². The van der Waals surface area contributed by atoms with E-state index >= 15 is 4.57 Å². The minimum atomic E-state index is -3.10. The van der Waals surface area contributed by atoms with Crippen LogP contribution in [0.4, 0.5) is 17.1 Å². The highest BCUT2D eigenvalue weighted by Crippen LogP contribution is 2.62. The van der Waals surface area contributed by atoms with Crippen LogP contribution in [0.3, 0.4) is 0 Å². The number of para-hydroxylation sites is 2. The highest BCUT2D eigenvalue weighted by atomic mass is 31.2. The molecule has 0 aliphatic carbocycles. The van der Waals surface area contributed by atoms with Gasteiger partial charge in [0.2, 0.25) is 0 Å². The summed E-state index contributed by atoms with van der Waals surface area (Å²) in [6, 6.07) is 51.7. The van der Waals surface area contributed by atoms with Crippen LogP contribution < -0.4 is 15.5 Å². The van der Waals surface area contributed by atoms with Gasteiger partial charge < -0.3 is 9.46 Å². The smallest absolute Gasteiger partial charge is 0.172 e. The molecule has 0 saturated heterocycles. The van der Waals surface area contributed by atoms with Crippen molar-refractivity contribution in [2.45, 2.75) is 0 Å². The van der Waals surface area contributed by atoms with Crippen molar-refractivity contribution in [2.24, 2.45) is 0 Å². The lowest BCUT2D eigenvalue weighted by molar-refractivity contribution is 0.593. The second-order valence-corrected chi connectivity index (χ2v) is 12.4. The fourth-order valence-electron chi connectivity index (χ4n) is 5.65. The van der Waals surface area contributed by atoms with Crippen molar-refractivity contribution < 1.29 is 4.57 Å². The van der Waals surface area contributed by atoms with Crippen LogP contribution >= 0.6 is 7.14 Å². The summed E-state index contributed by atoms with van der Waals surface area (Å²) in [5, 5.41) is 4.87. The Balaban J connectivity index is 1.37. The van der Waals surface area contributed by atoms with Gasteiger partial charge in [0, 0.05) is 33.0 Å². The lowest BCUT2D eigenvalue weighted by Crippen LogP contribution is -2.16. The summed E-state index contributed by atoms with van der Waals surface area (Å²) in [5.74, 6) is 0. The minimum absolute atomic E-state index is 0.866. The van der Waals surface area contributed by atoms with E-state index in [2.05, 4.69) is 108 Å². The third-order valence-electron chi connectivity index (χ3n) is 7.45. The van der Waals surface area contributed by atoms with E-state index in [0.717, 1.165) is 54.9 Å². The lowest BCUT2D eigenvalue weighted by Gasteiger charge is -2.26. The first-order chi connectivity index (χ1) is 19.2. The van der Waals surface area contributed by atoms with E-state index in [0.29, 0.717) is 0 Å². The summed E-state index contributed by atoms with van der Waals surface area (Å²) in [6.45, 7) is 0. The maximum absolute atomic E-state index is 15.4. The van der Waals surface area contributed by atoms with Gasteiger partial charge in [-0.05, 0) is 64.4 Å². The highest BCUT2D eigenvalue weighted by Gasteiger charge is 2.40. The van der Waals surface area contributed by atoms with Crippen molar-refractivity contribution in [3.8, 4) is 0 Å². The molecule has 1 unspecified atom stereocenters. The third-order valence-corrected chi connectivity index (χ3v) is 10.7. The molecular formula is C36H26NOP.